The Kier molecular flexibility index (Phi) is 7.72. The van der Waals surface area contributed by atoms with E-state index in [0.29, 0.717) is 28.7 Å². The summed E-state index contributed by atoms with van der Waals surface area (Å²) in [5.41, 5.74) is 2.95. The van der Waals surface area contributed by atoms with Crippen LogP contribution in [-0.2, 0) is 11.3 Å². The van der Waals surface area contributed by atoms with Crippen molar-refractivity contribution in [1.29, 1.82) is 0 Å². The van der Waals surface area contributed by atoms with Crippen LogP contribution in [-0.4, -0.2) is 42.4 Å². The average molecular weight is 516 g/mol. The summed E-state index contributed by atoms with van der Waals surface area (Å²) < 4.78 is 13.5. The Bertz CT molecular complexity index is 1310. The van der Waals surface area contributed by atoms with E-state index in [9.17, 15) is 14.0 Å². The Balaban J connectivity index is 1.43. The second kappa shape index (κ2) is 11.3. The molecule has 1 N–H and O–H groups in total. The number of hydrogen-bond acceptors (Lipinski definition) is 4. The highest BCUT2D eigenvalue weighted by Crippen LogP contribution is 2.43. The molecule has 3 aromatic carbocycles. The zero-order valence-electron chi connectivity index (χ0n) is 20.8. The van der Waals surface area contributed by atoms with Crippen molar-refractivity contribution in [3.8, 4) is 0 Å². The van der Waals surface area contributed by atoms with Gasteiger partial charge in [0.05, 0.1) is 17.1 Å². The Morgan fingerprint density at radius 3 is 2.65 bits per heavy atom. The molecule has 3 aromatic rings. The molecule has 5 nitrogen and oxygen atoms in total. The van der Waals surface area contributed by atoms with Gasteiger partial charge in [-0.15, -0.1) is 0 Å². The standard InChI is InChI=1S/C30H30FN3O2S/c1-2-33-16-6-9-25(33)19-32-29(35)23-12-15-27-26(18-23)34(20-22-10-13-24(31)14-11-22)30(36)28(37-27)17-21-7-4-3-5-8-21/h3-5,7-8,10-15,17-18,25H,2,6,9,16,19-20H2,1H3,(H,32,35)/b28-17-/t25-/m0/s1. The van der Waals surface area contributed by atoms with Gasteiger partial charge in [0.1, 0.15) is 5.82 Å². The van der Waals surface area contributed by atoms with Crippen LogP contribution in [0.2, 0.25) is 0 Å². The number of thioether (sulfide) groups is 1. The van der Waals surface area contributed by atoms with E-state index in [2.05, 4.69) is 17.1 Å². The van der Waals surface area contributed by atoms with Gasteiger partial charge in [0.15, 0.2) is 0 Å². The molecule has 5 rings (SSSR count). The van der Waals surface area contributed by atoms with Crippen LogP contribution in [0.1, 0.15) is 41.3 Å². The molecule has 0 aromatic heterocycles. The molecule has 2 amide bonds. The van der Waals surface area contributed by atoms with Crippen LogP contribution in [0.15, 0.2) is 82.6 Å². The smallest absolute Gasteiger partial charge is 0.265 e. The van der Waals surface area contributed by atoms with Gasteiger partial charge in [0, 0.05) is 23.0 Å². The molecule has 0 spiro atoms. The average Bonchev–Trinajstić information content (AvgIpc) is 3.39. The summed E-state index contributed by atoms with van der Waals surface area (Å²) >= 11 is 1.41. The molecule has 0 saturated carbocycles. The van der Waals surface area contributed by atoms with E-state index in [-0.39, 0.29) is 24.2 Å². The number of rotatable bonds is 7. The number of nitrogens with one attached hydrogen (secondary N) is 1. The third-order valence-corrected chi connectivity index (χ3v) is 8.02. The van der Waals surface area contributed by atoms with Crippen molar-refractivity contribution in [2.24, 2.45) is 0 Å². The molecule has 2 aliphatic heterocycles. The topological polar surface area (TPSA) is 52.7 Å². The van der Waals surface area contributed by atoms with Gasteiger partial charge in [0.2, 0.25) is 0 Å². The van der Waals surface area contributed by atoms with Crippen molar-refractivity contribution in [3.05, 3.63) is 100 Å². The van der Waals surface area contributed by atoms with Crippen LogP contribution in [0, 0.1) is 5.82 Å². The summed E-state index contributed by atoms with van der Waals surface area (Å²) in [6.07, 6.45) is 4.13. The van der Waals surface area contributed by atoms with Gasteiger partial charge >= 0.3 is 0 Å². The molecular weight excluding hydrogens is 485 g/mol. The normalized spacial score (nSPS) is 18.8. The van der Waals surface area contributed by atoms with Gasteiger partial charge in [-0.25, -0.2) is 4.39 Å². The number of likely N-dealkylation sites (N-methyl/N-ethyl adjacent to an activating group) is 1. The van der Waals surface area contributed by atoms with Gasteiger partial charge in [0.25, 0.3) is 11.8 Å². The number of likely N-dealkylation sites (tertiary alicyclic amines) is 1. The summed E-state index contributed by atoms with van der Waals surface area (Å²) in [6.45, 7) is 5.09. The van der Waals surface area contributed by atoms with Crippen LogP contribution >= 0.6 is 11.8 Å². The Hall–Kier alpha value is -3.42. The van der Waals surface area contributed by atoms with Crippen LogP contribution in [0.3, 0.4) is 0 Å². The van der Waals surface area contributed by atoms with E-state index in [1.807, 2.05) is 48.5 Å². The van der Waals surface area contributed by atoms with E-state index < -0.39 is 0 Å². The highest BCUT2D eigenvalue weighted by atomic mass is 32.2. The maximum absolute atomic E-state index is 13.7. The van der Waals surface area contributed by atoms with Crippen molar-refractivity contribution in [3.63, 3.8) is 0 Å². The number of fused-ring (bicyclic) bond motifs is 1. The second-order valence-corrected chi connectivity index (χ2v) is 10.4. The molecule has 1 saturated heterocycles. The van der Waals surface area contributed by atoms with Crippen molar-refractivity contribution in [1.82, 2.24) is 10.2 Å². The molecule has 7 heteroatoms. The first-order valence-corrected chi connectivity index (χ1v) is 13.5. The molecule has 0 radical (unpaired) electrons. The van der Waals surface area contributed by atoms with Gasteiger partial charge in [-0.1, -0.05) is 61.2 Å². The molecular formula is C30H30FN3O2S. The number of benzene rings is 3. The van der Waals surface area contributed by atoms with Crippen LogP contribution < -0.4 is 10.2 Å². The summed E-state index contributed by atoms with van der Waals surface area (Å²) in [4.78, 5) is 32.3. The first-order chi connectivity index (χ1) is 18.0. The van der Waals surface area contributed by atoms with Crippen LogP contribution in [0.5, 0.6) is 0 Å². The fourth-order valence-corrected chi connectivity index (χ4v) is 5.98. The summed E-state index contributed by atoms with van der Waals surface area (Å²) in [5.74, 6) is -0.611. The Labute approximate surface area is 221 Å². The van der Waals surface area contributed by atoms with E-state index in [4.69, 9.17) is 0 Å². The van der Waals surface area contributed by atoms with Gasteiger partial charge in [-0.05, 0) is 73.5 Å². The molecule has 1 fully saturated rings. The number of nitrogens with zero attached hydrogens (tertiary/aromatic N) is 2. The number of amides is 2. The lowest BCUT2D eigenvalue weighted by Crippen LogP contribution is -2.40. The largest absolute Gasteiger partial charge is 0.350 e. The number of halogens is 1. The van der Waals surface area contributed by atoms with Crippen LogP contribution in [0.4, 0.5) is 10.1 Å². The van der Waals surface area contributed by atoms with Crippen molar-refractivity contribution in [2.45, 2.75) is 37.2 Å². The second-order valence-electron chi connectivity index (χ2n) is 9.36. The van der Waals surface area contributed by atoms with E-state index >= 15 is 0 Å². The van der Waals surface area contributed by atoms with Gasteiger partial charge in [-0.2, -0.15) is 0 Å². The first-order valence-electron chi connectivity index (χ1n) is 12.7. The lowest BCUT2D eigenvalue weighted by molar-refractivity contribution is -0.114. The minimum Gasteiger partial charge on any atom is -0.350 e. The number of anilines is 1. The fourth-order valence-electron chi connectivity index (χ4n) is 4.94. The molecule has 0 bridgehead atoms. The van der Waals surface area contributed by atoms with E-state index in [1.165, 1.54) is 23.9 Å². The predicted octanol–water partition coefficient (Wildman–Crippen LogP) is 5.72. The lowest BCUT2D eigenvalue weighted by atomic mass is 10.1. The number of carbonyl (C=O) groups is 2. The highest BCUT2D eigenvalue weighted by Gasteiger charge is 2.30. The molecule has 2 aliphatic rings. The van der Waals surface area contributed by atoms with Crippen molar-refractivity contribution < 1.29 is 14.0 Å². The van der Waals surface area contributed by atoms with E-state index in [1.54, 1.807) is 23.1 Å². The van der Waals surface area contributed by atoms with Crippen LogP contribution in [0.25, 0.3) is 6.08 Å². The molecule has 0 aliphatic carbocycles. The Morgan fingerprint density at radius 1 is 1.11 bits per heavy atom. The minimum atomic E-state index is -0.322. The monoisotopic (exact) mass is 515 g/mol. The summed E-state index contributed by atoms with van der Waals surface area (Å²) in [6, 6.07) is 21.8. The lowest BCUT2D eigenvalue weighted by Gasteiger charge is -2.31. The number of carbonyl (C=O) groups excluding carboxylic acids is 2. The SMILES string of the molecule is CCN1CCC[C@H]1CNC(=O)c1ccc2c(c1)N(Cc1ccc(F)cc1)C(=O)/C(=C/c1ccccc1)S2. The summed E-state index contributed by atoms with van der Waals surface area (Å²) in [5, 5.41) is 3.09. The maximum Gasteiger partial charge on any atom is 0.265 e. The molecule has 2 heterocycles. The first kappa shape index (κ1) is 25.2. The Morgan fingerprint density at radius 2 is 1.89 bits per heavy atom. The van der Waals surface area contributed by atoms with Crippen molar-refractivity contribution in [2.75, 3.05) is 24.5 Å². The highest BCUT2D eigenvalue weighted by molar-refractivity contribution is 8.04. The van der Waals surface area contributed by atoms with E-state index in [0.717, 1.165) is 42.0 Å². The van der Waals surface area contributed by atoms with Gasteiger partial charge in [-0.3, -0.25) is 14.5 Å². The molecule has 1 atom stereocenters. The predicted molar refractivity (Wildman–Crippen MR) is 147 cm³/mol. The third-order valence-electron chi connectivity index (χ3n) is 6.94. The fraction of sp³-hybridized carbons (Fsp3) is 0.267. The molecule has 37 heavy (non-hydrogen) atoms. The molecule has 0 unspecified atom stereocenters. The third kappa shape index (κ3) is 5.78. The van der Waals surface area contributed by atoms with Gasteiger partial charge < -0.3 is 10.2 Å². The molecule has 190 valence electrons. The zero-order chi connectivity index (χ0) is 25.8. The minimum absolute atomic E-state index is 0.143. The quantitative estimate of drug-likeness (QED) is 0.409. The maximum atomic E-state index is 13.7. The zero-order valence-corrected chi connectivity index (χ0v) is 21.6. The van der Waals surface area contributed by atoms with Crippen molar-refractivity contribution >= 4 is 35.3 Å². The number of hydrogen-bond donors (Lipinski definition) is 1. The summed E-state index contributed by atoms with van der Waals surface area (Å²) in [7, 11) is 0.